The second-order valence-electron chi connectivity index (χ2n) is 7.13. The van der Waals surface area contributed by atoms with Crippen molar-refractivity contribution in [3.63, 3.8) is 0 Å². The van der Waals surface area contributed by atoms with Gasteiger partial charge in [0.1, 0.15) is 0 Å². The molecule has 2 saturated heterocycles. The van der Waals surface area contributed by atoms with Crippen LogP contribution in [0.1, 0.15) is 37.7 Å². The van der Waals surface area contributed by atoms with Crippen molar-refractivity contribution in [2.75, 3.05) is 7.11 Å². The Balaban J connectivity index is 1.81. The van der Waals surface area contributed by atoms with Crippen molar-refractivity contribution in [1.29, 1.82) is 0 Å². The fourth-order valence-electron chi connectivity index (χ4n) is 4.55. The number of aliphatic hydroxyl groups excluding tert-OH is 1. The van der Waals surface area contributed by atoms with Crippen molar-refractivity contribution in [2.45, 2.75) is 50.3 Å². The zero-order valence-electron chi connectivity index (χ0n) is 14.8. The lowest BCUT2D eigenvalue weighted by Gasteiger charge is -2.35. The van der Waals surface area contributed by atoms with Gasteiger partial charge in [-0.05, 0) is 41.2 Å². The Kier molecular flexibility index (Phi) is 4.50. The Morgan fingerprint density at radius 1 is 1.20 bits per heavy atom. The molecule has 4 atom stereocenters. The van der Waals surface area contributed by atoms with E-state index in [0.29, 0.717) is 12.0 Å². The van der Waals surface area contributed by atoms with E-state index in [1.54, 1.807) is 7.11 Å². The van der Waals surface area contributed by atoms with E-state index in [9.17, 15) is 5.11 Å². The Morgan fingerprint density at radius 3 is 2.76 bits per heavy atom. The van der Waals surface area contributed by atoms with Crippen LogP contribution < -0.4 is 10.8 Å². The van der Waals surface area contributed by atoms with Gasteiger partial charge in [-0.15, -0.1) is 0 Å². The van der Waals surface area contributed by atoms with Gasteiger partial charge in [-0.25, -0.2) is 0 Å². The molecule has 132 valence electrons. The fraction of sp³-hybridized carbons (Fsp3) is 0.429. The van der Waals surface area contributed by atoms with Crippen molar-refractivity contribution in [3.8, 4) is 0 Å². The van der Waals surface area contributed by atoms with Gasteiger partial charge >= 0.3 is 0 Å². The van der Waals surface area contributed by atoms with Crippen molar-refractivity contribution in [3.05, 3.63) is 59.3 Å². The largest absolute Gasteiger partial charge is 0.391 e. The van der Waals surface area contributed by atoms with Gasteiger partial charge in [0.05, 0.1) is 19.3 Å². The third-order valence-corrected chi connectivity index (χ3v) is 5.66. The standard InChI is InChI=1S/C21H26N2O2/c1-3-18(23-25-2)20-17(11-16-12-19(24)21(20)22-16)15-9-8-13-6-4-5-7-14(13)10-15/h4-10,16-17,19,21-24H,3,11-12H2,1-2H3/t16?,17-,19?,21-/m0/s1. The highest BCUT2D eigenvalue weighted by Gasteiger charge is 2.44. The number of rotatable bonds is 4. The summed E-state index contributed by atoms with van der Waals surface area (Å²) in [5.41, 5.74) is 6.73. The smallest absolute Gasteiger partial charge is 0.0747 e. The number of hydrogen-bond acceptors (Lipinski definition) is 4. The molecule has 3 N–H and O–H groups in total. The second kappa shape index (κ2) is 6.79. The lowest BCUT2D eigenvalue weighted by Crippen LogP contribution is -2.44. The first-order chi connectivity index (χ1) is 12.2. The van der Waals surface area contributed by atoms with Gasteiger partial charge in [-0.3, -0.25) is 10.3 Å². The summed E-state index contributed by atoms with van der Waals surface area (Å²) in [6.07, 6.45) is 2.35. The second-order valence-corrected chi connectivity index (χ2v) is 7.13. The third-order valence-electron chi connectivity index (χ3n) is 5.66. The third kappa shape index (κ3) is 2.95. The minimum absolute atomic E-state index is 0.00724. The fourth-order valence-corrected chi connectivity index (χ4v) is 4.55. The van der Waals surface area contributed by atoms with Gasteiger partial charge in [-0.1, -0.05) is 49.4 Å². The minimum atomic E-state index is -0.328. The van der Waals surface area contributed by atoms with E-state index in [0.717, 1.165) is 25.0 Å². The summed E-state index contributed by atoms with van der Waals surface area (Å²) >= 11 is 0. The maximum atomic E-state index is 10.6. The number of hydroxylamine groups is 1. The van der Waals surface area contributed by atoms with Crippen LogP contribution in [0.4, 0.5) is 0 Å². The van der Waals surface area contributed by atoms with Crippen molar-refractivity contribution < 1.29 is 9.94 Å². The van der Waals surface area contributed by atoms with Crippen LogP contribution in [0.2, 0.25) is 0 Å². The van der Waals surface area contributed by atoms with Crippen LogP contribution in [0.25, 0.3) is 10.8 Å². The van der Waals surface area contributed by atoms with E-state index in [4.69, 9.17) is 4.84 Å². The van der Waals surface area contributed by atoms with Gasteiger partial charge in [0.15, 0.2) is 0 Å². The molecule has 2 aromatic rings. The van der Waals surface area contributed by atoms with Crippen LogP contribution in [0.3, 0.4) is 0 Å². The molecule has 4 heteroatoms. The number of aliphatic hydroxyl groups is 1. The Hall–Kier alpha value is -1.88. The summed E-state index contributed by atoms with van der Waals surface area (Å²) in [5, 5.41) is 16.7. The normalized spacial score (nSPS) is 30.5. The lowest BCUT2D eigenvalue weighted by molar-refractivity contribution is 0.111. The summed E-state index contributed by atoms with van der Waals surface area (Å²) < 4.78 is 0. The topological polar surface area (TPSA) is 53.5 Å². The van der Waals surface area contributed by atoms with Crippen LogP contribution in [0, 0.1) is 0 Å². The van der Waals surface area contributed by atoms with Gasteiger partial charge in [0.25, 0.3) is 0 Å². The lowest BCUT2D eigenvalue weighted by atomic mass is 9.79. The quantitative estimate of drug-likeness (QED) is 0.749. The van der Waals surface area contributed by atoms with Crippen LogP contribution >= 0.6 is 0 Å². The summed E-state index contributed by atoms with van der Waals surface area (Å²) in [6, 6.07) is 15.6. The van der Waals surface area contributed by atoms with Crippen LogP contribution in [0.5, 0.6) is 0 Å². The van der Waals surface area contributed by atoms with Crippen LogP contribution in [-0.2, 0) is 4.84 Å². The van der Waals surface area contributed by atoms with Gasteiger partial charge in [0, 0.05) is 17.7 Å². The average Bonchev–Trinajstić information content (AvgIpc) is 2.94. The molecule has 2 fully saturated rings. The molecule has 4 nitrogen and oxygen atoms in total. The summed E-state index contributed by atoms with van der Waals surface area (Å²) in [6.45, 7) is 2.12. The summed E-state index contributed by atoms with van der Waals surface area (Å²) in [7, 11) is 1.64. The molecule has 0 aliphatic carbocycles. The minimum Gasteiger partial charge on any atom is -0.391 e. The molecule has 4 rings (SSSR count). The van der Waals surface area contributed by atoms with E-state index in [2.05, 4.69) is 60.2 Å². The highest BCUT2D eigenvalue weighted by Crippen LogP contribution is 2.43. The maximum absolute atomic E-state index is 10.6. The van der Waals surface area contributed by atoms with Gasteiger partial charge in [-0.2, -0.15) is 0 Å². The Bertz CT molecular complexity index is 801. The molecule has 25 heavy (non-hydrogen) atoms. The Labute approximate surface area is 148 Å². The Morgan fingerprint density at radius 2 is 2.00 bits per heavy atom. The van der Waals surface area contributed by atoms with Gasteiger partial charge in [0.2, 0.25) is 0 Å². The maximum Gasteiger partial charge on any atom is 0.0747 e. The van der Waals surface area contributed by atoms with E-state index in [1.165, 1.54) is 21.9 Å². The number of allylic oxidation sites excluding steroid dienone is 1. The van der Waals surface area contributed by atoms with Crippen molar-refractivity contribution in [1.82, 2.24) is 10.8 Å². The first-order valence-corrected chi connectivity index (χ1v) is 9.16. The van der Waals surface area contributed by atoms with E-state index in [-0.39, 0.29) is 12.1 Å². The number of hydrogen-bond donors (Lipinski definition) is 3. The van der Waals surface area contributed by atoms with Crippen molar-refractivity contribution in [2.24, 2.45) is 0 Å². The molecule has 0 amide bonds. The number of benzene rings is 2. The van der Waals surface area contributed by atoms with Crippen molar-refractivity contribution >= 4 is 10.8 Å². The first kappa shape index (κ1) is 16.6. The molecular formula is C21H26N2O2. The molecule has 0 spiro atoms. The van der Waals surface area contributed by atoms with Crippen LogP contribution in [-0.4, -0.2) is 30.4 Å². The average molecular weight is 338 g/mol. The molecule has 0 aromatic heterocycles. The molecule has 2 aromatic carbocycles. The molecule has 2 aliphatic rings. The number of piperidine rings is 1. The number of fused-ring (bicyclic) bond motifs is 3. The SMILES string of the molecule is CCC(NOC)=C1[C@H](c2ccc3ccccc3c2)CC2CC(O)[C@@H]1N2. The predicted octanol–water partition coefficient (Wildman–Crippen LogP) is 3.23. The number of nitrogens with one attached hydrogen (secondary N) is 2. The highest BCUT2D eigenvalue weighted by atomic mass is 16.6. The first-order valence-electron chi connectivity index (χ1n) is 9.16. The zero-order chi connectivity index (χ0) is 17.4. The monoisotopic (exact) mass is 338 g/mol. The van der Waals surface area contributed by atoms with Gasteiger partial charge < -0.3 is 10.4 Å². The molecule has 0 radical (unpaired) electrons. The predicted molar refractivity (Wildman–Crippen MR) is 100 cm³/mol. The zero-order valence-corrected chi connectivity index (χ0v) is 14.8. The van der Waals surface area contributed by atoms with E-state index >= 15 is 0 Å². The molecule has 2 bridgehead atoms. The summed E-state index contributed by atoms with van der Waals surface area (Å²) in [4.78, 5) is 5.23. The molecule has 0 saturated carbocycles. The molecule has 2 aliphatic heterocycles. The molecule has 2 heterocycles. The molecule has 2 unspecified atom stereocenters. The van der Waals surface area contributed by atoms with E-state index < -0.39 is 0 Å². The van der Waals surface area contributed by atoms with E-state index in [1.807, 2.05) is 0 Å². The highest BCUT2D eigenvalue weighted by molar-refractivity contribution is 5.83. The summed E-state index contributed by atoms with van der Waals surface area (Å²) in [5.74, 6) is 0.301. The molecular weight excluding hydrogens is 312 g/mol. The van der Waals surface area contributed by atoms with Crippen LogP contribution in [0.15, 0.2) is 53.7 Å².